The Morgan fingerprint density at radius 1 is 1.10 bits per heavy atom. The van der Waals surface area contributed by atoms with Crippen LogP contribution < -0.4 is 14.5 Å². The van der Waals surface area contributed by atoms with Crippen LogP contribution >= 0.6 is 0 Å². The fraction of sp³-hybridized carbons (Fsp3) is 0.455. The lowest BCUT2D eigenvalue weighted by atomic mass is 10.0. The second kappa shape index (κ2) is 12.0. The molecule has 4 heterocycles. The SMILES string of the molecule is [C-]#[N+]CC1CN(c2nc(OC[C@H]3C[C@H](C)CN3C)nc3c2CCN(c2cccc4ccccc24)C3)CCN1C(=O)C=C. The highest BCUT2D eigenvalue weighted by atomic mass is 16.5. The summed E-state index contributed by atoms with van der Waals surface area (Å²) in [5.41, 5.74) is 3.32. The number of aromatic nitrogens is 2. The van der Waals surface area contributed by atoms with E-state index in [1.54, 1.807) is 4.90 Å². The number of carbonyl (C=O) groups excluding carboxylic acids is 1. The van der Waals surface area contributed by atoms with Gasteiger partial charge in [-0.05, 0) is 43.3 Å². The fourth-order valence-electron chi connectivity index (χ4n) is 6.85. The Kier molecular flexibility index (Phi) is 7.98. The zero-order chi connectivity index (χ0) is 29.2. The number of fused-ring (bicyclic) bond motifs is 2. The van der Waals surface area contributed by atoms with Crippen molar-refractivity contribution in [3.8, 4) is 6.01 Å². The van der Waals surface area contributed by atoms with Crippen molar-refractivity contribution in [3.63, 3.8) is 0 Å². The van der Waals surface area contributed by atoms with Gasteiger partial charge >= 0.3 is 6.01 Å². The molecule has 0 spiro atoms. The van der Waals surface area contributed by atoms with Gasteiger partial charge in [0.1, 0.15) is 18.5 Å². The molecule has 2 aromatic carbocycles. The predicted molar refractivity (Wildman–Crippen MR) is 166 cm³/mol. The first-order chi connectivity index (χ1) is 20.4. The van der Waals surface area contributed by atoms with Gasteiger partial charge in [0.2, 0.25) is 12.5 Å². The molecular weight excluding hydrogens is 526 g/mol. The van der Waals surface area contributed by atoms with Gasteiger partial charge in [0.25, 0.3) is 0 Å². The van der Waals surface area contributed by atoms with Crippen LogP contribution in [-0.2, 0) is 17.8 Å². The van der Waals surface area contributed by atoms with Gasteiger partial charge in [-0.3, -0.25) is 9.69 Å². The molecule has 3 aliphatic rings. The van der Waals surface area contributed by atoms with Crippen LogP contribution in [0.2, 0.25) is 0 Å². The number of hydrogen-bond acceptors (Lipinski definition) is 7. The summed E-state index contributed by atoms with van der Waals surface area (Å²) < 4.78 is 6.33. The third-order valence-electron chi connectivity index (χ3n) is 8.97. The Hall–Kier alpha value is -4.16. The smallest absolute Gasteiger partial charge is 0.318 e. The first-order valence-corrected chi connectivity index (χ1v) is 14.9. The molecule has 0 aliphatic carbocycles. The van der Waals surface area contributed by atoms with Crippen LogP contribution in [-0.4, -0.2) is 90.7 Å². The quantitative estimate of drug-likeness (QED) is 0.317. The molecule has 0 saturated carbocycles. The summed E-state index contributed by atoms with van der Waals surface area (Å²) in [4.78, 5) is 34.9. The number of benzene rings is 2. The highest BCUT2D eigenvalue weighted by Crippen LogP contribution is 2.35. The van der Waals surface area contributed by atoms with E-state index >= 15 is 0 Å². The molecular formula is C33H39N7O2. The average Bonchev–Trinajstić information content (AvgIpc) is 3.34. The molecule has 1 amide bonds. The fourth-order valence-corrected chi connectivity index (χ4v) is 6.85. The summed E-state index contributed by atoms with van der Waals surface area (Å²) >= 11 is 0. The van der Waals surface area contributed by atoms with E-state index in [0.717, 1.165) is 43.0 Å². The molecule has 1 aromatic heterocycles. The predicted octanol–water partition coefficient (Wildman–Crippen LogP) is 4.03. The second-order valence-corrected chi connectivity index (χ2v) is 11.8. The van der Waals surface area contributed by atoms with Crippen molar-refractivity contribution in [2.45, 2.75) is 38.4 Å². The summed E-state index contributed by atoms with van der Waals surface area (Å²) in [5.74, 6) is 1.39. The monoisotopic (exact) mass is 565 g/mol. The lowest BCUT2D eigenvalue weighted by molar-refractivity contribution is -0.128. The topological polar surface area (TPSA) is 69.4 Å². The Bertz CT molecular complexity index is 1510. The van der Waals surface area contributed by atoms with E-state index in [1.807, 2.05) is 0 Å². The highest BCUT2D eigenvalue weighted by molar-refractivity contribution is 5.94. The molecule has 2 fully saturated rings. The van der Waals surface area contributed by atoms with Crippen LogP contribution in [0.5, 0.6) is 6.01 Å². The normalized spacial score (nSPS) is 22.6. The third kappa shape index (κ3) is 5.51. The average molecular weight is 566 g/mol. The number of anilines is 2. The standard InChI is InChI=1S/C33H39N7O2/c1-5-31(41)40-16-15-39(20-26(40)18-34-3)32-28-13-14-38(30-12-8-10-24-9-6-7-11-27(24)30)21-29(28)35-33(36-32)42-22-25-17-23(2)19-37(25)4/h5-12,23,25-26H,1,13-22H2,2,4H3/t23-,25+,26?/m0/s1. The molecule has 0 radical (unpaired) electrons. The number of amides is 1. The van der Waals surface area contributed by atoms with E-state index in [-0.39, 0.29) is 18.5 Å². The summed E-state index contributed by atoms with van der Waals surface area (Å²) in [6.07, 6.45) is 3.24. The molecule has 218 valence electrons. The maximum absolute atomic E-state index is 12.5. The zero-order valence-corrected chi connectivity index (χ0v) is 24.6. The Morgan fingerprint density at radius 3 is 2.71 bits per heavy atom. The van der Waals surface area contributed by atoms with Crippen LogP contribution in [0.3, 0.4) is 0 Å². The van der Waals surface area contributed by atoms with Gasteiger partial charge in [-0.2, -0.15) is 9.97 Å². The zero-order valence-electron chi connectivity index (χ0n) is 24.6. The Balaban J connectivity index is 1.32. The number of rotatable bonds is 7. The maximum Gasteiger partial charge on any atom is 0.318 e. The number of hydrogen-bond donors (Lipinski definition) is 0. The maximum atomic E-state index is 12.5. The molecule has 6 rings (SSSR count). The van der Waals surface area contributed by atoms with Crippen molar-refractivity contribution in [2.24, 2.45) is 5.92 Å². The summed E-state index contributed by atoms with van der Waals surface area (Å²) in [7, 11) is 2.15. The molecule has 0 bridgehead atoms. The van der Waals surface area contributed by atoms with Crippen LogP contribution in [0.25, 0.3) is 15.6 Å². The first-order valence-electron chi connectivity index (χ1n) is 14.9. The van der Waals surface area contributed by atoms with E-state index in [2.05, 4.69) is 82.6 Å². The van der Waals surface area contributed by atoms with Gasteiger partial charge in [0.15, 0.2) is 0 Å². The number of likely N-dealkylation sites (N-methyl/N-ethyl adjacent to an activating group) is 1. The number of carbonyl (C=O) groups is 1. The summed E-state index contributed by atoms with van der Waals surface area (Å²) in [6.45, 7) is 18.5. The lowest BCUT2D eigenvalue weighted by Gasteiger charge is -2.41. The minimum atomic E-state index is -0.221. The molecule has 3 atom stereocenters. The Morgan fingerprint density at radius 2 is 1.93 bits per heavy atom. The van der Waals surface area contributed by atoms with Crippen LogP contribution in [0.4, 0.5) is 11.5 Å². The summed E-state index contributed by atoms with van der Waals surface area (Å²) in [6, 6.07) is 15.5. The van der Waals surface area contributed by atoms with Crippen molar-refractivity contribution in [1.82, 2.24) is 19.8 Å². The van der Waals surface area contributed by atoms with Crippen molar-refractivity contribution < 1.29 is 9.53 Å². The van der Waals surface area contributed by atoms with Gasteiger partial charge < -0.3 is 24.3 Å². The number of piperazine rings is 1. The minimum Gasteiger partial charge on any atom is -0.462 e. The van der Waals surface area contributed by atoms with E-state index in [0.29, 0.717) is 50.8 Å². The van der Waals surface area contributed by atoms with E-state index in [4.69, 9.17) is 21.3 Å². The molecule has 0 N–H and O–H groups in total. The van der Waals surface area contributed by atoms with Crippen LogP contribution in [0.1, 0.15) is 24.6 Å². The van der Waals surface area contributed by atoms with Crippen molar-refractivity contribution in [2.75, 3.05) is 62.7 Å². The number of likely N-dealkylation sites (tertiary alicyclic amines) is 1. The van der Waals surface area contributed by atoms with Crippen molar-refractivity contribution >= 4 is 28.2 Å². The van der Waals surface area contributed by atoms with Gasteiger partial charge in [-0.15, -0.1) is 0 Å². The molecule has 2 saturated heterocycles. The molecule has 3 aromatic rings. The van der Waals surface area contributed by atoms with Crippen LogP contribution in [0, 0.1) is 12.5 Å². The van der Waals surface area contributed by atoms with Crippen molar-refractivity contribution in [1.29, 1.82) is 0 Å². The second-order valence-electron chi connectivity index (χ2n) is 11.8. The minimum absolute atomic E-state index is 0.127. The molecule has 9 nitrogen and oxygen atoms in total. The van der Waals surface area contributed by atoms with E-state index in [1.165, 1.54) is 22.5 Å². The molecule has 3 aliphatic heterocycles. The van der Waals surface area contributed by atoms with Gasteiger partial charge in [0.05, 0.1) is 12.2 Å². The lowest BCUT2D eigenvalue weighted by Crippen LogP contribution is -2.56. The molecule has 1 unspecified atom stereocenters. The number of nitrogens with zero attached hydrogens (tertiary/aromatic N) is 7. The molecule has 9 heteroatoms. The largest absolute Gasteiger partial charge is 0.462 e. The number of ether oxygens (including phenoxy) is 1. The third-order valence-corrected chi connectivity index (χ3v) is 8.97. The van der Waals surface area contributed by atoms with Gasteiger partial charge in [-0.1, -0.05) is 49.9 Å². The van der Waals surface area contributed by atoms with Gasteiger partial charge in [-0.25, -0.2) is 6.57 Å². The first kappa shape index (κ1) is 28.0. The molecule has 42 heavy (non-hydrogen) atoms. The highest BCUT2D eigenvalue weighted by Gasteiger charge is 2.35. The summed E-state index contributed by atoms with van der Waals surface area (Å²) in [5, 5.41) is 2.46. The Labute approximate surface area is 248 Å². The van der Waals surface area contributed by atoms with Crippen molar-refractivity contribution in [3.05, 3.63) is 77.8 Å². The van der Waals surface area contributed by atoms with Gasteiger partial charge in [0, 0.05) is 55.4 Å². The van der Waals surface area contributed by atoms with E-state index in [9.17, 15) is 4.79 Å². The van der Waals surface area contributed by atoms with Crippen LogP contribution in [0.15, 0.2) is 55.1 Å². The van der Waals surface area contributed by atoms with E-state index < -0.39 is 0 Å².